The van der Waals surface area contributed by atoms with Gasteiger partial charge in [-0.25, -0.2) is 4.39 Å². The van der Waals surface area contributed by atoms with Crippen molar-refractivity contribution in [2.75, 3.05) is 26.7 Å². The Hall–Kier alpha value is -1.94. The molecule has 1 aliphatic rings. The maximum atomic E-state index is 14.0. The smallest absolute Gasteiger partial charge is 0.191 e. The maximum Gasteiger partial charge on any atom is 0.191 e. The van der Waals surface area contributed by atoms with Gasteiger partial charge in [-0.3, -0.25) is 14.9 Å². The summed E-state index contributed by atoms with van der Waals surface area (Å²) in [5, 5.41) is 6.76. The number of guanidine groups is 1. The van der Waals surface area contributed by atoms with Crippen molar-refractivity contribution in [3.05, 3.63) is 59.7 Å². The summed E-state index contributed by atoms with van der Waals surface area (Å²) in [6.45, 7) is 5.73. The number of nitrogens with zero attached hydrogens (tertiary/aromatic N) is 3. The molecule has 0 bridgehead atoms. The predicted octanol–water partition coefficient (Wildman–Crippen LogP) is 3.57. The Morgan fingerprint density at radius 3 is 2.70 bits per heavy atom. The fourth-order valence-corrected chi connectivity index (χ4v) is 3.46. The van der Waals surface area contributed by atoms with Crippen LogP contribution in [0.4, 0.5) is 4.39 Å². The van der Waals surface area contributed by atoms with E-state index in [0.717, 1.165) is 49.7 Å². The minimum Gasteiger partial charge on any atom is -0.491 e. The minimum atomic E-state index is -0.339. The fraction of sp³-hybridized carbons (Fsp3) is 0.455. The van der Waals surface area contributed by atoms with Crippen molar-refractivity contribution in [2.45, 2.75) is 38.9 Å². The summed E-state index contributed by atoms with van der Waals surface area (Å²) >= 11 is 0. The standard InChI is InChI=1S/C22H30FN5O.HI/c1-3-29-21-8-7-17(14-20(21)23)15-26-22(24-2)27-18-9-12-28(13-10-18)16-19-6-4-5-11-25-19;/h4-8,11,14,18H,3,9-10,12-13,15-16H2,1-2H3,(H2,24,26,27);1H. The van der Waals surface area contributed by atoms with Crippen LogP contribution in [0.2, 0.25) is 0 Å². The number of benzene rings is 1. The molecule has 1 fully saturated rings. The number of aromatic nitrogens is 1. The van der Waals surface area contributed by atoms with Crippen LogP contribution in [0.1, 0.15) is 31.0 Å². The van der Waals surface area contributed by atoms with Crippen molar-refractivity contribution < 1.29 is 9.13 Å². The molecule has 2 aromatic rings. The number of nitrogens with one attached hydrogen (secondary N) is 2. The summed E-state index contributed by atoms with van der Waals surface area (Å²) in [7, 11) is 1.75. The molecule has 0 radical (unpaired) electrons. The van der Waals surface area contributed by atoms with E-state index in [0.29, 0.717) is 19.2 Å². The second-order valence-electron chi connectivity index (χ2n) is 7.14. The molecule has 0 aliphatic carbocycles. The van der Waals surface area contributed by atoms with Gasteiger partial charge in [0.25, 0.3) is 0 Å². The van der Waals surface area contributed by atoms with Crippen LogP contribution in [0.3, 0.4) is 0 Å². The fourth-order valence-electron chi connectivity index (χ4n) is 3.46. The van der Waals surface area contributed by atoms with E-state index in [1.165, 1.54) is 6.07 Å². The summed E-state index contributed by atoms with van der Waals surface area (Å²) < 4.78 is 19.2. The highest BCUT2D eigenvalue weighted by Crippen LogP contribution is 2.18. The average molecular weight is 527 g/mol. The molecule has 0 saturated carbocycles. The zero-order chi connectivity index (χ0) is 20.5. The van der Waals surface area contributed by atoms with Gasteiger partial charge in [0.2, 0.25) is 0 Å². The van der Waals surface area contributed by atoms with Crippen molar-refractivity contribution >= 4 is 29.9 Å². The SMILES string of the molecule is CCOc1ccc(CNC(=NC)NC2CCN(Cc3ccccn3)CC2)cc1F.I. The van der Waals surface area contributed by atoms with Crippen LogP contribution in [0.15, 0.2) is 47.6 Å². The summed E-state index contributed by atoms with van der Waals surface area (Å²) in [6.07, 6.45) is 3.94. The molecule has 0 unspecified atom stereocenters. The third-order valence-corrected chi connectivity index (χ3v) is 5.02. The Bertz CT molecular complexity index is 797. The Kier molecular flexibility index (Phi) is 10.3. The zero-order valence-electron chi connectivity index (χ0n) is 17.6. The number of halogens is 2. The van der Waals surface area contributed by atoms with Crippen LogP contribution in [0, 0.1) is 5.82 Å². The third-order valence-electron chi connectivity index (χ3n) is 5.02. The lowest BCUT2D eigenvalue weighted by atomic mass is 10.0. The van der Waals surface area contributed by atoms with Crippen molar-refractivity contribution in [3.63, 3.8) is 0 Å². The number of piperidine rings is 1. The van der Waals surface area contributed by atoms with Gasteiger partial charge in [0, 0.05) is 45.5 Å². The van der Waals surface area contributed by atoms with Crippen LogP contribution >= 0.6 is 24.0 Å². The number of hydrogen-bond donors (Lipinski definition) is 2. The first-order valence-corrected chi connectivity index (χ1v) is 10.2. The highest BCUT2D eigenvalue weighted by Gasteiger charge is 2.20. The van der Waals surface area contributed by atoms with E-state index >= 15 is 0 Å². The Morgan fingerprint density at radius 2 is 2.07 bits per heavy atom. The summed E-state index contributed by atoms with van der Waals surface area (Å²) in [6, 6.07) is 11.5. The first kappa shape index (κ1) is 24.3. The molecule has 1 saturated heterocycles. The molecule has 2 N–H and O–H groups in total. The molecule has 2 heterocycles. The van der Waals surface area contributed by atoms with Gasteiger partial charge in [0.05, 0.1) is 12.3 Å². The highest BCUT2D eigenvalue weighted by atomic mass is 127. The molecule has 6 nitrogen and oxygen atoms in total. The highest BCUT2D eigenvalue weighted by molar-refractivity contribution is 14.0. The van der Waals surface area contributed by atoms with Gasteiger partial charge in [-0.2, -0.15) is 0 Å². The summed E-state index contributed by atoms with van der Waals surface area (Å²) in [5.41, 5.74) is 1.96. The molecule has 0 atom stereocenters. The summed E-state index contributed by atoms with van der Waals surface area (Å²) in [5.74, 6) is 0.688. The molecule has 8 heteroatoms. The van der Waals surface area contributed by atoms with Gasteiger partial charge >= 0.3 is 0 Å². The van der Waals surface area contributed by atoms with E-state index in [4.69, 9.17) is 4.74 Å². The minimum absolute atomic E-state index is 0. The molecule has 1 aromatic heterocycles. The van der Waals surface area contributed by atoms with Gasteiger partial charge < -0.3 is 15.4 Å². The van der Waals surface area contributed by atoms with Crippen molar-refractivity contribution in [2.24, 2.45) is 4.99 Å². The lowest BCUT2D eigenvalue weighted by Gasteiger charge is -2.32. The van der Waals surface area contributed by atoms with Gasteiger partial charge in [-0.05, 0) is 49.6 Å². The number of pyridine rings is 1. The van der Waals surface area contributed by atoms with Crippen LogP contribution in [-0.4, -0.2) is 48.6 Å². The van der Waals surface area contributed by atoms with Crippen LogP contribution in [-0.2, 0) is 13.1 Å². The average Bonchev–Trinajstić information content (AvgIpc) is 2.75. The van der Waals surface area contributed by atoms with Crippen molar-refractivity contribution in [1.82, 2.24) is 20.5 Å². The second kappa shape index (κ2) is 12.7. The van der Waals surface area contributed by atoms with Crippen LogP contribution in [0.25, 0.3) is 0 Å². The lowest BCUT2D eigenvalue weighted by Crippen LogP contribution is -2.48. The quantitative estimate of drug-likeness (QED) is 0.328. The Morgan fingerprint density at radius 1 is 1.27 bits per heavy atom. The molecular formula is C22H31FIN5O. The largest absolute Gasteiger partial charge is 0.491 e. The molecule has 0 amide bonds. The first-order chi connectivity index (χ1) is 14.2. The van der Waals surface area contributed by atoms with Gasteiger partial charge in [-0.15, -0.1) is 24.0 Å². The summed E-state index contributed by atoms with van der Waals surface area (Å²) in [4.78, 5) is 11.1. The number of likely N-dealkylation sites (tertiary alicyclic amines) is 1. The zero-order valence-corrected chi connectivity index (χ0v) is 19.9. The Labute approximate surface area is 195 Å². The van der Waals surface area contributed by atoms with Gasteiger partial charge in [-0.1, -0.05) is 12.1 Å². The normalized spacial score (nSPS) is 15.4. The maximum absolute atomic E-state index is 14.0. The monoisotopic (exact) mass is 527 g/mol. The van der Waals surface area contributed by atoms with Crippen molar-refractivity contribution in [1.29, 1.82) is 0 Å². The molecule has 3 rings (SSSR count). The lowest BCUT2D eigenvalue weighted by molar-refractivity contribution is 0.196. The third kappa shape index (κ3) is 7.39. The molecular weight excluding hydrogens is 496 g/mol. The molecule has 0 spiro atoms. The van der Waals surface area contributed by atoms with E-state index in [2.05, 4.69) is 31.6 Å². The Balaban J connectivity index is 0.00000320. The van der Waals surface area contributed by atoms with Gasteiger partial charge in [0.15, 0.2) is 17.5 Å². The molecule has 30 heavy (non-hydrogen) atoms. The van der Waals surface area contributed by atoms with Gasteiger partial charge in [0.1, 0.15) is 0 Å². The van der Waals surface area contributed by atoms with E-state index in [-0.39, 0.29) is 35.5 Å². The molecule has 1 aromatic carbocycles. The molecule has 1 aliphatic heterocycles. The van der Waals surface area contributed by atoms with E-state index < -0.39 is 0 Å². The number of rotatable bonds is 7. The van der Waals surface area contributed by atoms with E-state index in [1.54, 1.807) is 13.1 Å². The number of hydrogen-bond acceptors (Lipinski definition) is 4. The topological polar surface area (TPSA) is 61.8 Å². The molecule has 164 valence electrons. The predicted molar refractivity (Wildman–Crippen MR) is 129 cm³/mol. The number of aliphatic imine (C=N–C) groups is 1. The van der Waals surface area contributed by atoms with E-state index in [9.17, 15) is 4.39 Å². The van der Waals surface area contributed by atoms with Crippen molar-refractivity contribution in [3.8, 4) is 5.75 Å². The van der Waals surface area contributed by atoms with E-state index in [1.807, 2.05) is 31.3 Å². The van der Waals surface area contributed by atoms with Crippen LogP contribution in [0.5, 0.6) is 5.75 Å². The first-order valence-electron chi connectivity index (χ1n) is 10.2. The second-order valence-corrected chi connectivity index (χ2v) is 7.14. The van der Waals surface area contributed by atoms with Crippen LogP contribution < -0.4 is 15.4 Å². The number of ether oxygens (including phenoxy) is 1.